The Morgan fingerprint density at radius 3 is 1.98 bits per heavy atom. The van der Waals surface area contributed by atoms with E-state index in [2.05, 4.69) is 167 Å². The van der Waals surface area contributed by atoms with E-state index >= 15 is 0 Å². The summed E-state index contributed by atoms with van der Waals surface area (Å²) in [5.74, 6) is 0. The van der Waals surface area contributed by atoms with E-state index in [-0.39, 0.29) is 6.85 Å². The first-order valence-corrected chi connectivity index (χ1v) is 15.8. The van der Waals surface area contributed by atoms with Gasteiger partial charge in [-0.25, -0.2) is 0 Å². The van der Waals surface area contributed by atoms with Gasteiger partial charge in [0.15, 0.2) is 0 Å². The van der Waals surface area contributed by atoms with Crippen LogP contribution >= 0.6 is 0 Å². The zero-order valence-electron chi connectivity index (χ0n) is 25.0. The number of para-hydroxylation sites is 4. The molecule has 0 saturated heterocycles. The van der Waals surface area contributed by atoms with Crippen LogP contribution in [0.5, 0.6) is 0 Å². The van der Waals surface area contributed by atoms with Crippen LogP contribution in [0.25, 0.3) is 44.2 Å². The van der Waals surface area contributed by atoms with E-state index in [1.54, 1.807) is 0 Å². The van der Waals surface area contributed by atoms with Gasteiger partial charge in [0.2, 0.25) is 0 Å². The number of rotatable bonds is 3. The molecule has 0 fully saturated rings. The lowest BCUT2D eigenvalue weighted by molar-refractivity contribution is 0.669. The minimum absolute atomic E-state index is 0.00561. The summed E-state index contributed by atoms with van der Waals surface area (Å²) < 4.78 is 6.51. The van der Waals surface area contributed by atoms with Crippen LogP contribution in [0.1, 0.15) is 0 Å². The van der Waals surface area contributed by atoms with Gasteiger partial charge in [-0.1, -0.05) is 115 Å². The predicted molar refractivity (Wildman–Crippen MR) is 193 cm³/mol. The molecule has 0 atom stereocenters. The summed E-state index contributed by atoms with van der Waals surface area (Å²) in [4.78, 5) is 4.99. The van der Waals surface area contributed by atoms with E-state index in [1.807, 2.05) is 6.07 Å². The van der Waals surface area contributed by atoms with E-state index in [1.165, 1.54) is 55.9 Å². The van der Waals surface area contributed by atoms with Crippen molar-refractivity contribution < 1.29 is 4.42 Å². The summed E-state index contributed by atoms with van der Waals surface area (Å²) in [5, 5.41) is 2.26. The van der Waals surface area contributed by atoms with Gasteiger partial charge in [0.25, 0.3) is 0 Å². The Balaban J connectivity index is 1.31. The van der Waals surface area contributed by atoms with E-state index in [9.17, 15) is 0 Å². The number of hydrogen-bond acceptors (Lipinski definition) is 3. The molecule has 0 radical (unpaired) electrons. The molecule has 2 aliphatic heterocycles. The third kappa shape index (κ3) is 3.55. The standard InChI is InChI=1S/C42H27BN2O/c1-3-14-28(15-4-1)33-26-34-31-19-8-12-25-40(31)46-41(34)27-39(33)44-37-23-11-9-21-35(37)43-42-32(20-13-24-38(42)44)30-18-7-10-22-36(30)45(43)29-16-5-2-6-17-29/h1-27H. The molecular formula is C42H27BN2O. The maximum absolute atomic E-state index is 6.51. The van der Waals surface area contributed by atoms with Crippen molar-refractivity contribution in [2.75, 3.05) is 9.71 Å². The Kier molecular flexibility index (Phi) is 5.37. The number of hydrogen-bond donors (Lipinski definition) is 0. The molecule has 0 bridgehead atoms. The van der Waals surface area contributed by atoms with Gasteiger partial charge in [-0.05, 0) is 64.5 Å². The van der Waals surface area contributed by atoms with Crippen molar-refractivity contribution in [2.45, 2.75) is 0 Å². The first kappa shape index (κ1) is 25.3. The molecule has 0 amide bonds. The lowest BCUT2D eigenvalue weighted by Gasteiger charge is -2.45. The molecule has 3 heterocycles. The van der Waals surface area contributed by atoms with Gasteiger partial charge in [-0.2, -0.15) is 0 Å². The van der Waals surface area contributed by atoms with Crippen molar-refractivity contribution in [1.82, 2.24) is 0 Å². The summed E-state index contributed by atoms with van der Waals surface area (Å²) in [6.45, 7) is 0.00561. The predicted octanol–water partition coefficient (Wildman–Crippen LogP) is 9.96. The highest BCUT2D eigenvalue weighted by Crippen LogP contribution is 2.49. The fourth-order valence-electron chi connectivity index (χ4n) is 7.73. The van der Waals surface area contributed by atoms with Crippen molar-refractivity contribution >= 4 is 68.1 Å². The van der Waals surface area contributed by atoms with Crippen LogP contribution in [0.4, 0.5) is 28.4 Å². The molecular weight excluding hydrogens is 559 g/mol. The Labute approximate surface area is 267 Å². The molecule has 7 aromatic carbocycles. The summed E-state index contributed by atoms with van der Waals surface area (Å²) in [6.07, 6.45) is 0. The van der Waals surface area contributed by atoms with E-state index < -0.39 is 0 Å². The highest BCUT2D eigenvalue weighted by Gasteiger charge is 2.44. The smallest absolute Gasteiger partial charge is 0.333 e. The number of nitrogens with zero attached hydrogens (tertiary/aromatic N) is 2. The third-order valence-corrected chi connectivity index (χ3v) is 9.64. The Morgan fingerprint density at radius 2 is 1.11 bits per heavy atom. The molecule has 0 unspecified atom stereocenters. The van der Waals surface area contributed by atoms with Crippen molar-refractivity contribution in [1.29, 1.82) is 0 Å². The number of fused-ring (bicyclic) bond motifs is 7. The fraction of sp³-hybridized carbons (Fsp3) is 0. The lowest BCUT2D eigenvalue weighted by atomic mass is 9.43. The van der Waals surface area contributed by atoms with Crippen molar-refractivity contribution in [3.05, 3.63) is 164 Å². The second kappa shape index (κ2) is 9.75. The largest absolute Gasteiger partial charge is 0.456 e. The molecule has 0 spiro atoms. The van der Waals surface area contributed by atoms with Crippen molar-refractivity contribution in [2.24, 2.45) is 0 Å². The third-order valence-electron chi connectivity index (χ3n) is 9.64. The van der Waals surface area contributed by atoms with Crippen LogP contribution < -0.4 is 20.6 Å². The van der Waals surface area contributed by atoms with E-state index in [4.69, 9.17) is 4.42 Å². The van der Waals surface area contributed by atoms with Crippen LogP contribution in [0.3, 0.4) is 0 Å². The zero-order valence-corrected chi connectivity index (χ0v) is 25.0. The van der Waals surface area contributed by atoms with Crippen LogP contribution in [0.15, 0.2) is 168 Å². The molecule has 0 N–H and O–H groups in total. The topological polar surface area (TPSA) is 19.6 Å². The monoisotopic (exact) mass is 586 g/mol. The number of furan rings is 1. The van der Waals surface area contributed by atoms with E-state index in [0.29, 0.717) is 0 Å². The highest BCUT2D eigenvalue weighted by molar-refractivity contribution is 6.93. The fourth-order valence-corrected chi connectivity index (χ4v) is 7.73. The Morgan fingerprint density at radius 1 is 0.435 bits per heavy atom. The average Bonchev–Trinajstić information content (AvgIpc) is 3.49. The van der Waals surface area contributed by atoms with E-state index in [0.717, 1.165) is 27.6 Å². The molecule has 4 heteroatoms. The Hall–Kier alpha value is -6.00. The molecule has 214 valence electrons. The molecule has 1 aromatic heterocycles. The van der Waals surface area contributed by atoms with Crippen molar-refractivity contribution in [3.8, 4) is 22.3 Å². The maximum Gasteiger partial charge on any atom is 0.333 e. The van der Waals surface area contributed by atoms with Gasteiger partial charge >= 0.3 is 6.85 Å². The minimum atomic E-state index is 0.00561. The highest BCUT2D eigenvalue weighted by atomic mass is 16.3. The van der Waals surface area contributed by atoms with Gasteiger partial charge < -0.3 is 14.1 Å². The molecule has 8 aromatic rings. The van der Waals surface area contributed by atoms with Crippen molar-refractivity contribution in [3.63, 3.8) is 0 Å². The molecule has 46 heavy (non-hydrogen) atoms. The Bertz CT molecular complexity index is 2450. The van der Waals surface area contributed by atoms with Gasteiger partial charge in [0, 0.05) is 50.7 Å². The van der Waals surface area contributed by atoms with Crippen LogP contribution in [-0.2, 0) is 0 Å². The van der Waals surface area contributed by atoms with Crippen LogP contribution in [-0.4, -0.2) is 6.85 Å². The quantitative estimate of drug-likeness (QED) is 0.192. The number of benzene rings is 7. The summed E-state index contributed by atoms with van der Waals surface area (Å²) in [5.41, 5.74) is 15.1. The average molecular weight is 587 g/mol. The van der Waals surface area contributed by atoms with Gasteiger partial charge in [0.05, 0.1) is 5.69 Å². The molecule has 3 nitrogen and oxygen atoms in total. The molecule has 0 saturated carbocycles. The summed E-state index contributed by atoms with van der Waals surface area (Å²) in [7, 11) is 0. The number of anilines is 5. The first-order chi connectivity index (χ1) is 22.8. The maximum atomic E-state index is 6.51. The lowest BCUT2D eigenvalue weighted by Crippen LogP contribution is -2.61. The van der Waals surface area contributed by atoms with Gasteiger partial charge in [-0.3, -0.25) is 0 Å². The summed E-state index contributed by atoms with van der Waals surface area (Å²) >= 11 is 0. The zero-order chi connectivity index (χ0) is 30.2. The molecule has 10 rings (SSSR count). The SMILES string of the molecule is c1ccc(-c2cc3c(cc2N2c4ccccc4B4c5c(cccc52)-c2ccccc2N4c2ccccc2)oc2ccccc23)cc1. The second-order valence-electron chi connectivity index (χ2n) is 12.1. The summed E-state index contributed by atoms with van der Waals surface area (Å²) in [6, 6.07) is 59.0. The van der Waals surface area contributed by atoms with Gasteiger partial charge in [-0.15, -0.1) is 0 Å². The van der Waals surface area contributed by atoms with Crippen LogP contribution in [0.2, 0.25) is 0 Å². The van der Waals surface area contributed by atoms with Gasteiger partial charge in [0.1, 0.15) is 11.2 Å². The molecule has 0 aliphatic carbocycles. The molecule has 2 aliphatic rings. The van der Waals surface area contributed by atoms with Crippen LogP contribution in [0, 0.1) is 0 Å². The normalized spacial score (nSPS) is 13.1. The minimum Gasteiger partial charge on any atom is -0.456 e. The first-order valence-electron chi connectivity index (χ1n) is 15.8. The second-order valence-corrected chi connectivity index (χ2v) is 12.1.